The molecule has 4 aliphatic carbocycles. The second-order valence-corrected chi connectivity index (χ2v) is 12.2. The van der Waals surface area contributed by atoms with Crippen molar-refractivity contribution in [2.24, 2.45) is 23.7 Å². The summed E-state index contributed by atoms with van der Waals surface area (Å²) in [4.78, 5) is 28.1. The maximum atomic E-state index is 13.0. The molecular weight excluding hydrogens is 390 g/mol. The largest absolute Gasteiger partial charge is 0.382 e. The highest BCUT2D eigenvalue weighted by atomic mass is 16.5. The SMILES string of the molecule is COCC(C)(C)NC(=O)CN1[C@@H]2CC[C@H]1CC(CC(=O)NC13CC4CC(CC1C4)C3)C2. The van der Waals surface area contributed by atoms with Gasteiger partial charge in [-0.25, -0.2) is 0 Å². The van der Waals surface area contributed by atoms with Crippen molar-refractivity contribution in [1.29, 1.82) is 0 Å². The van der Waals surface area contributed by atoms with Crippen LogP contribution in [0.15, 0.2) is 0 Å². The molecule has 2 saturated heterocycles. The van der Waals surface area contributed by atoms with Crippen molar-refractivity contribution in [3.63, 3.8) is 0 Å². The molecule has 4 saturated carbocycles. The Bertz CT molecular complexity index is 695. The van der Waals surface area contributed by atoms with Crippen LogP contribution in [0.1, 0.15) is 78.1 Å². The van der Waals surface area contributed by atoms with Crippen LogP contribution in [0, 0.1) is 23.7 Å². The quantitative estimate of drug-likeness (QED) is 0.620. The fourth-order valence-electron chi connectivity index (χ4n) is 8.38. The molecule has 6 nitrogen and oxygen atoms in total. The number of ether oxygens (including phenoxy) is 1. The number of carbonyl (C=O) groups excluding carboxylic acids is 2. The van der Waals surface area contributed by atoms with Crippen LogP contribution >= 0.6 is 0 Å². The van der Waals surface area contributed by atoms with E-state index in [2.05, 4.69) is 15.5 Å². The third-order valence-corrected chi connectivity index (χ3v) is 9.14. The van der Waals surface area contributed by atoms with E-state index in [-0.39, 0.29) is 17.0 Å². The van der Waals surface area contributed by atoms with Gasteiger partial charge in [-0.3, -0.25) is 14.5 Å². The van der Waals surface area contributed by atoms with Crippen molar-refractivity contribution >= 4 is 11.8 Å². The Morgan fingerprint density at radius 1 is 1.00 bits per heavy atom. The first kappa shape index (κ1) is 21.7. The zero-order valence-electron chi connectivity index (χ0n) is 19.6. The summed E-state index contributed by atoms with van der Waals surface area (Å²) in [5, 5.41) is 6.68. The molecule has 6 aliphatic rings. The van der Waals surface area contributed by atoms with Gasteiger partial charge in [-0.1, -0.05) is 0 Å². The fraction of sp³-hybridized carbons (Fsp3) is 0.920. The van der Waals surface area contributed by atoms with E-state index in [0.29, 0.717) is 43.5 Å². The Balaban J connectivity index is 1.12. The van der Waals surface area contributed by atoms with E-state index in [0.717, 1.165) is 43.4 Å². The predicted molar refractivity (Wildman–Crippen MR) is 119 cm³/mol. The van der Waals surface area contributed by atoms with E-state index >= 15 is 0 Å². The van der Waals surface area contributed by atoms with Gasteiger partial charge in [-0.05, 0) is 95.3 Å². The van der Waals surface area contributed by atoms with Crippen LogP contribution in [0.25, 0.3) is 0 Å². The van der Waals surface area contributed by atoms with Gasteiger partial charge in [-0.15, -0.1) is 0 Å². The van der Waals surface area contributed by atoms with Crippen LogP contribution in [0.2, 0.25) is 0 Å². The molecule has 5 atom stereocenters. The van der Waals surface area contributed by atoms with Crippen molar-refractivity contribution in [3.8, 4) is 0 Å². The first-order valence-corrected chi connectivity index (χ1v) is 12.6. The molecule has 6 rings (SSSR count). The third kappa shape index (κ3) is 4.27. The Morgan fingerprint density at radius 2 is 1.65 bits per heavy atom. The highest BCUT2D eigenvalue weighted by Gasteiger charge is 2.58. The van der Waals surface area contributed by atoms with Crippen molar-refractivity contribution in [2.75, 3.05) is 20.3 Å². The van der Waals surface area contributed by atoms with Gasteiger partial charge in [0.2, 0.25) is 11.8 Å². The monoisotopic (exact) mass is 431 g/mol. The van der Waals surface area contributed by atoms with E-state index in [1.165, 1.54) is 32.1 Å². The highest BCUT2D eigenvalue weighted by molar-refractivity contribution is 5.79. The van der Waals surface area contributed by atoms with Gasteiger partial charge in [0.05, 0.1) is 18.7 Å². The van der Waals surface area contributed by atoms with E-state index in [9.17, 15) is 9.59 Å². The third-order valence-electron chi connectivity index (χ3n) is 9.14. The number of hydrogen-bond acceptors (Lipinski definition) is 4. The van der Waals surface area contributed by atoms with Crippen LogP contribution in [0.5, 0.6) is 0 Å². The molecule has 0 aromatic heterocycles. The number of nitrogens with zero attached hydrogens (tertiary/aromatic N) is 1. The fourth-order valence-corrected chi connectivity index (χ4v) is 8.38. The summed E-state index contributed by atoms with van der Waals surface area (Å²) >= 11 is 0. The van der Waals surface area contributed by atoms with Gasteiger partial charge in [-0.2, -0.15) is 0 Å². The van der Waals surface area contributed by atoms with Crippen LogP contribution in [-0.4, -0.2) is 60.1 Å². The molecule has 6 bridgehead atoms. The summed E-state index contributed by atoms with van der Waals surface area (Å²) in [7, 11) is 1.66. The average molecular weight is 432 g/mol. The molecular formula is C25H41N3O3. The molecule has 31 heavy (non-hydrogen) atoms. The number of hydrogen-bond donors (Lipinski definition) is 2. The van der Waals surface area contributed by atoms with Crippen LogP contribution in [-0.2, 0) is 14.3 Å². The topological polar surface area (TPSA) is 70.7 Å². The van der Waals surface area contributed by atoms with Gasteiger partial charge in [0.25, 0.3) is 0 Å². The lowest BCUT2D eigenvalue weighted by molar-refractivity contribution is -0.128. The first-order valence-electron chi connectivity index (χ1n) is 12.6. The molecule has 3 unspecified atom stereocenters. The van der Waals surface area contributed by atoms with Gasteiger partial charge >= 0.3 is 0 Å². The molecule has 2 heterocycles. The molecule has 0 aromatic rings. The Labute approximate surface area is 187 Å². The first-order chi connectivity index (χ1) is 14.7. The lowest BCUT2D eigenvalue weighted by atomic mass is 9.80. The second kappa shape index (κ2) is 8.02. The maximum absolute atomic E-state index is 13.0. The molecule has 0 spiro atoms. The number of rotatable bonds is 8. The molecule has 0 aromatic carbocycles. The zero-order valence-corrected chi connectivity index (χ0v) is 19.6. The summed E-state index contributed by atoms with van der Waals surface area (Å²) in [5.41, 5.74) is -0.197. The zero-order chi connectivity index (χ0) is 21.8. The molecule has 6 heteroatoms. The molecule has 2 aliphatic heterocycles. The number of amides is 2. The van der Waals surface area contributed by atoms with Crippen molar-refractivity contribution in [1.82, 2.24) is 15.5 Å². The van der Waals surface area contributed by atoms with Crippen LogP contribution < -0.4 is 10.6 Å². The minimum Gasteiger partial charge on any atom is -0.382 e. The molecule has 174 valence electrons. The summed E-state index contributed by atoms with van der Waals surface area (Å²) in [5.74, 6) is 3.34. The summed E-state index contributed by atoms with van der Waals surface area (Å²) < 4.78 is 5.22. The van der Waals surface area contributed by atoms with Crippen molar-refractivity contribution in [2.45, 2.75) is 101 Å². The lowest BCUT2D eigenvalue weighted by Crippen LogP contribution is -2.54. The van der Waals surface area contributed by atoms with Crippen LogP contribution in [0.3, 0.4) is 0 Å². The second-order valence-electron chi connectivity index (χ2n) is 12.2. The number of piperidine rings is 1. The van der Waals surface area contributed by atoms with E-state index in [1.807, 2.05) is 13.8 Å². The summed E-state index contributed by atoms with van der Waals surface area (Å²) in [6.07, 6.45) is 11.7. The number of fused-ring (bicyclic) bond motifs is 2. The smallest absolute Gasteiger partial charge is 0.234 e. The molecule has 2 amide bonds. The van der Waals surface area contributed by atoms with Gasteiger partial charge in [0.15, 0.2) is 0 Å². The highest BCUT2D eigenvalue weighted by Crippen LogP contribution is 2.60. The van der Waals surface area contributed by atoms with Crippen LogP contribution in [0.4, 0.5) is 0 Å². The van der Waals surface area contributed by atoms with Gasteiger partial charge < -0.3 is 15.4 Å². The predicted octanol–water partition coefficient (Wildman–Crippen LogP) is 2.86. The number of carbonyl (C=O) groups is 2. The summed E-state index contributed by atoms with van der Waals surface area (Å²) in [6, 6.07) is 0.897. The Hall–Kier alpha value is -1.14. The minimum absolute atomic E-state index is 0.0846. The van der Waals surface area contributed by atoms with Gasteiger partial charge in [0, 0.05) is 31.2 Å². The molecule has 2 N–H and O–H groups in total. The number of nitrogens with one attached hydrogen (secondary N) is 2. The van der Waals surface area contributed by atoms with E-state index < -0.39 is 0 Å². The Morgan fingerprint density at radius 3 is 2.26 bits per heavy atom. The maximum Gasteiger partial charge on any atom is 0.234 e. The molecule has 6 fully saturated rings. The van der Waals surface area contributed by atoms with Crippen molar-refractivity contribution < 1.29 is 14.3 Å². The lowest BCUT2D eigenvalue weighted by Gasteiger charge is -2.40. The van der Waals surface area contributed by atoms with E-state index in [1.54, 1.807) is 7.11 Å². The van der Waals surface area contributed by atoms with Crippen molar-refractivity contribution in [3.05, 3.63) is 0 Å². The Kier molecular flexibility index (Phi) is 5.61. The molecule has 0 radical (unpaired) electrons. The average Bonchev–Trinajstić information content (AvgIpc) is 3.13. The van der Waals surface area contributed by atoms with E-state index in [4.69, 9.17) is 4.74 Å². The minimum atomic E-state index is -0.348. The standard InChI is InChI=1S/C25H41N3O3/c1-24(2,15-31-3)26-23(30)14-28-20-4-5-21(28)10-16(9-20)11-22(29)27-25-12-17-6-18(13-25)8-19(25)7-17/h16-21H,4-15H2,1-3H3,(H,26,30)(H,27,29)/t16?,17?,18?,19?,20-,21+,25?. The normalized spacial score (nSPS) is 41.0. The summed E-state index contributed by atoms with van der Waals surface area (Å²) in [6.45, 7) is 4.97. The number of methoxy groups -OCH3 is 1. The van der Waals surface area contributed by atoms with Gasteiger partial charge in [0.1, 0.15) is 0 Å².